The Morgan fingerprint density at radius 2 is 1.83 bits per heavy atom. The van der Waals surface area contributed by atoms with Gasteiger partial charge in [0.15, 0.2) is 0 Å². The predicted octanol–water partition coefficient (Wildman–Crippen LogP) is 2.36. The molecule has 3 amide bonds. The molecule has 1 aromatic rings. The van der Waals surface area contributed by atoms with Gasteiger partial charge in [-0.05, 0) is 35.8 Å². The Balaban J connectivity index is 1.86. The van der Waals surface area contributed by atoms with E-state index >= 15 is 0 Å². The van der Waals surface area contributed by atoms with E-state index in [-0.39, 0.29) is 29.2 Å². The van der Waals surface area contributed by atoms with Crippen molar-refractivity contribution in [2.45, 2.75) is 38.0 Å². The van der Waals surface area contributed by atoms with Crippen LogP contribution in [0.15, 0.2) is 24.3 Å². The number of urea groups is 1. The first-order valence-electron chi connectivity index (χ1n) is 9.63. The molecular formula is C19H27N5O4S. The highest BCUT2D eigenvalue weighted by Gasteiger charge is 2.50. The SMILES string of the molecule is CC(C)CCSC1NC(c2ccc([N+](=O)[O-])cc2)NC2C1C(=O)N(C)C(=O)N2C. The van der Waals surface area contributed by atoms with Crippen LogP contribution < -0.4 is 10.6 Å². The molecule has 0 aliphatic carbocycles. The molecule has 0 radical (unpaired) electrons. The Hall–Kier alpha value is -2.17. The molecule has 2 saturated heterocycles. The maximum atomic E-state index is 12.9. The summed E-state index contributed by atoms with van der Waals surface area (Å²) in [6.07, 6.45) is 0.235. The standard InChI is InChI=1S/C19H27N5O4S/c1-11(2)9-10-29-17-14-16(22(3)19(26)23(4)18(14)25)20-15(21-17)12-5-7-13(8-6-12)24(27)28/h5-8,11,14-17,20-21H,9-10H2,1-4H3. The van der Waals surface area contributed by atoms with Crippen LogP contribution in [-0.4, -0.2) is 58.0 Å². The lowest BCUT2D eigenvalue weighted by molar-refractivity contribution is -0.384. The van der Waals surface area contributed by atoms with Gasteiger partial charge in [-0.2, -0.15) is 0 Å². The van der Waals surface area contributed by atoms with Crippen LogP contribution in [0.5, 0.6) is 0 Å². The molecule has 10 heteroatoms. The van der Waals surface area contributed by atoms with Gasteiger partial charge in [-0.25, -0.2) is 4.79 Å². The molecule has 2 aliphatic rings. The van der Waals surface area contributed by atoms with Gasteiger partial charge in [-0.1, -0.05) is 13.8 Å². The summed E-state index contributed by atoms with van der Waals surface area (Å²) in [6, 6.07) is 5.95. The van der Waals surface area contributed by atoms with Crippen molar-refractivity contribution in [3.05, 3.63) is 39.9 Å². The van der Waals surface area contributed by atoms with Gasteiger partial charge in [-0.15, -0.1) is 11.8 Å². The van der Waals surface area contributed by atoms with Crippen molar-refractivity contribution < 1.29 is 14.5 Å². The van der Waals surface area contributed by atoms with Crippen molar-refractivity contribution in [1.82, 2.24) is 20.4 Å². The van der Waals surface area contributed by atoms with E-state index in [0.717, 1.165) is 17.7 Å². The lowest BCUT2D eigenvalue weighted by Crippen LogP contribution is -2.72. The number of benzene rings is 1. The van der Waals surface area contributed by atoms with Gasteiger partial charge in [0.05, 0.1) is 28.5 Å². The number of carbonyl (C=O) groups excluding carboxylic acids is 2. The Labute approximate surface area is 174 Å². The number of nitrogens with one attached hydrogen (secondary N) is 2. The maximum Gasteiger partial charge on any atom is 0.327 e. The summed E-state index contributed by atoms with van der Waals surface area (Å²) in [6.45, 7) is 4.32. The number of nitrogens with zero attached hydrogens (tertiary/aromatic N) is 3. The molecule has 4 unspecified atom stereocenters. The number of amides is 3. The van der Waals surface area contributed by atoms with Gasteiger partial charge < -0.3 is 4.90 Å². The summed E-state index contributed by atoms with van der Waals surface area (Å²) >= 11 is 1.68. The molecule has 158 valence electrons. The van der Waals surface area contributed by atoms with E-state index < -0.39 is 17.0 Å². The second-order valence-electron chi connectivity index (χ2n) is 7.85. The van der Waals surface area contributed by atoms with Gasteiger partial charge in [0, 0.05) is 26.2 Å². The highest BCUT2D eigenvalue weighted by atomic mass is 32.2. The molecular weight excluding hydrogens is 394 g/mol. The summed E-state index contributed by atoms with van der Waals surface area (Å²) in [7, 11) is 3.19. The molecule has 1 aromatic carbocycles. The summed E-state index contributed by atoms with van der Waals surface area (Å²) in [5.74, 6) is 0.816. The summed E-state index contributed by atoms with van der Waals surface area (Å²) in [4.78, 5) is 38.6. The van der Waals surface area contributed by atoms with E-state index in [1.165, 1.54) is 24.1 Å². The largest absolute Gasteiger partial charge is 0.327 e. The van der Waals surface area contributed by atoms with Crippen LogP contribution in [0, 0.1) is 22.0 Å². The molecule has 29 heavy (non-hydrogen) atoms. The first-order valence-corrected chi connectivity index (χ1v) is 10.7. The number of nitro groups is 1. The van der Waals surface area contributed by atoms with Crippen molar-refractivity contribution in [2.24, 2.45) is 11.8 Å². The summed E-state index contributed by atoms with van der Waals surface area (Å²) in [5.41, 5.74) is 0.836. The molecule has 2 fully saturated rings. The lowest BCUT2D eigenvalue weighted by atomic mass is 9.96. The summed E-state index contributed by atoms with van der Waals surface area (Å²) in [5, 5.41) is 17.6. The number of hydrogen-bond donors (Lipinski definition) is 2. The number of carbonyl (C=O) groups is 2. The van der Waals surface area contributed by atoms with E-state index in [2.05, 4.69) is 24.5 Å². The Bertz CT molecular complexity index is 787. The fourth-order valence-corrected chi connectivity index (χ4v) is 5.18. The van der Waals surface area contributed by atoms with Gasteiger partial charge >= 0.3 is 6.03 Å². The van der Waals surface area contributed by atoms with Crippen LogP contribution in [0.1, 0.15) is 32.0 Å². The number of hydrogen-bond acceptors (Lipinski definition) is 7. The van der Waals surface area contributed by atoms with Crippen molar-refractivity contribution in [1.29, 1.82) is 0 Å². The average molecular weight is 422 g/mol. The van der Waals surface area contributed by atoms with Gasteiger partial charge in [0.25, 0.3) is 5.69 Å². The fraction of sp³-hybridized carbons (Fsp3) is 0.579. The molecule has 2 N–H and O–H groups in total. The first kappa shape index (κ1) is 21.5. The molecule has 2 aliphatic heterocycles. The van der Waals surface area contributed by atoms with E-state index in [1.807, 2.05) is 0 Å². The first-order chi connectivity index (χ1) is 13.7. The third-order valence-electron chi connectivity index (χ3n) is 5.39. The van der Waals surface area contributed by atoms with Crippen molar-refractivity contribution >= 4 is 29.4 Å². The zero-order valence-corrected chi connectivity index (χ0v) is 17.8. The van der Waals surface area contributed by atoms with E-state index in [0.29, 0.717) is 5.92 Å². The number of imide groups is 1. The zero-order chi connectivity index (χ0) is 21.3. The third-order valence-corrected chi connectivity index (χ3v) is 6.65. The number of non-ortho nitro benzene ring substituents is 1. The van der Waals surface area contributed by atoms with Gasteiger partial charge in [0.1, 0.15) is 0 Å². The molecule has 0 spiro atoms. The second kappa shape index (κ2) is 8.68. The molecule has 0 bridgehead atoms. The van der Waals surface area contributed by atoms with E-state index in [1.54, 1.807) is 35.8 Å². The Morgan fingerprint density at radius 3 is 2.41 bits per heavy atom. The van der Waals surface area contributed by atoms with Crippen molar-refractivity contribution in [3.8, 4) is 0 Å². The van der Waals surface area contributed by atoms with E-state index in [4.69, 9.17) is 0 Å². The lowest BCUT2D eigenvalue weighted by Gasteiger charge is -2.50. The maximum absolute atomic E-state index is 12.9. The molecule has 0 saturated carbocycles. The van der Waals surface area contributed by atoms with Gasteiger partial charge in [0.2, 0.25) is 5.91 Å². The Kier molecular flexibility index (Phi) is 6.45. The van der Waals surface area contributed by atoms with Crippen LogP contribution >= 0.6 is 11.8 Å². The number of rotatable bonds is 6. The number of thioether (sulfide) groups is 1. The van der Waals surface area contributed by atoms with Crippen LogP contribution in [0.25, 0.3) is 0 Å². The van der Waals surface area contributed by atoms with Crippen LogP contribution in [0.4, 0.5) is 10.5 Å². The minimum Gasteiger partial charge on any atom is -0.311 e. The molecule has 9 nitrogen and oxygen atoms in total. The van der Waals surface area contributed by atoms with Crippen LogP contribution in [0.3, 0.4) is 0 Å². The molecule has 4 atom stereocenters. The zero-order valence-electron chi connectivity index (χ0n) is 17.0. The topological polar surface area (TPSA) is 108 Å². The van der Waals surface area contributed by atoms with Crippen molar-refractivity contribution in [2.75, 3.05) is 19.8 Å². The van der Waals surface area contributed by atoms with Crippen LogP contribution in [0.2, 0.25) is 0 Å². The highest BCUT2D eigenvalue weighted by Crippen LogP contribution is 2.35. The Morgan fingerprint density at radius 1 is 1.17 bits per heavy atom. The predicted molar refractivity (Wildman–Crippen MR) is 111 cm³/mol. The average Bonchev–Trinajstić information content (AvgIpc) is 2.69. The smallest absolute Gasteiger partial charge is 0.311 e. The molecule has 3 rings (SSSR count). The monoisotopic (exact) mass is 421 g/mol. The number of fused-ring (bicyclic) bond motifs is 1. The normalized spacial score (nSPS) is 27.3. The second-order valence-corrected chi connectivity index (χ2v) is 9.10. The van der Waals surface area contributed by atoms with Crippen molar-refractivity contribution in [3.63, 3.8) is 0 Å². The van der Waals surface area contributed by atoms with Crippen LogP contribution in [-0.2, 0) is 4.79 Å². The summed E-state index contributed by atoms with van der Waals surface area (Å²) < 4.78 is 0. The molecule has 2 heterocycles. The fourth-order valence-electron chi connectivity index (χ4n) is 3.61. The van der Waals surface area contributed by atoms with Gasteiger partial charge in [-0.3, -0.25) is 30.4 Å². The quantitative estimate of drug-likeness (QED) is 0.536. The number of nitro benzene ring substituents is 1. The third kappa shape index (κ3) is 4.39. The minimum absolute atomic E-state index is 0.0204. The minimum atomic E-state index is -0.454. The highest BCUT2D eigenvalue weighted by molar-refractivity contribution is 7.99. The van der Waals surface area contributed by atoms with E-state index in [9.17, 15) is 19.7 Å². The molecule has 0 aromatic heterocycles.